The third-order valence-corrected chi connectivity index (χ3v) is 4.03. The van der Waals surface area contributed by atoms with Crippen LogP contribution < -0.4 is 10.6 Å². The Kier molecular flexibility index (Phi) is 4.98. The Hall–Kier alpha value is -1.43. The number of halogens is 2. The highest BCUT2D eigenvalue weighted by atomic mass is 79.9. The van der Waals surface area contributed by atoms with E-state index in [-0.39, 0.29) is 5.91 Å². The third kappa shape index (κ3) is 3.61. The summed E-state index contributed by atoms with van der Waals surface area (Å²) in [5.74, 6) is -0.201. The first-order valence-electron chi connectivity index (χ1n) is 6.03. The van der Waals surface area contributed by atoms with Gasteiger partial charge in [-0.1, -0.05) is 51.9 Å². The molecule has 3 nitrogen and oxygen atoms in total. The molecule has 0 aliphatic rings. The van der Waals surface area contributed by atoms with Gasteiger partial charge in [0.25, 0.3) is 5.91 Å². The predicted molar refractivity (Wildman–Crippen MR) is 94.2 cm³/mol. The highest BCUT2D eigenvalue weighted by Gasteiger charge is 2.17. The number of nitrogens with zero attached hydrogens (tertiary/aromatic N) is 1. The van der Waals surface area contributed by atoms with E-state index in [1.165, 1.54) is 4.90 Å². The Labute approximate surface area is 141 Å². The van der Waals surface area contributed by atoms with Crippen LogP contribution in [0.2, 0.25) is 5.02 Å². The average molecular weight is 384 g/mol. The van der Waals surface area contributed by atoms with E-state index < -0.39 is 0 Å². The van der Waals surface area contributed by atoms with E-state index in [4.69, 9.17) is 29.6 Å². The van der Waals surface area contributed by atoms with E-state index in [0.717, 1.165) is 4.47 Å². The smallest absolute Gasteiger partial charge is 0.259 e. The van der Waals surface area contributed by atoms with Gasteiger partial charge < -0.3 is 10.6 Å². The average Bonchev–Trinajstić information content (AvgIpc) is 2.46. The van der Waals surface area contributed by atoms with Gasteiger partial charge in [0.1, 0.15) is 4.99 Å². The number of hydrogen-bond acceptors (Lipinski definition) is 2. The van der Waals surface area contributed by atoms with Crippen LogP contribution >= 0.6 is 39.7 Å². The van der Waals surface area contributed by atoms with Crippen LogP contribution in [0.25, 0.3) is 0 Å². The fourth-order valence-corrected chi connectivity index (χ4v) is 2.71. The van der Waals surface area contributed by atoms with Crippen LogP contribution in [0.3, 0.4) is 0 Å². The molecule has 0 spiro atoms. The van der Waals surface area contributed by atoms with Crippen molar-refractivity contribution in [2.24, 2.45) is 5.73 Å². The van der Waals surface area contributed by atoms with Crippen molar-refractivity contribution in [2.45, 2.75) is 0 Å². The maximum Gasteiger partial charge on any atom is 0.259 e. The molecule has 0 saturated heterocycles. The quantitative estimate of drug-likeness (QED) is 0.815. The van der Waals surface area contributed by atoms with Gasteiger partial charge in [0, 0.05) is 22.8 Å². The number of carbonyl (C=O) groups excluding carboxylic acids is 1. The molecule has 0 unspecified atom stereocenters. The molecule has 0 atom stereocenters. The number of hydrogen-bond donors (Lipinski definition) is 1. The molecule has 21 heavy (non-hydrogen) atoms. The molecule has 0 fully saturated rings. The fourth-order valence-electron chi connectivity index (χ4n) is 1.83. The lowest BCUT2D eigenvalue weighted by molar-refractivity contribution is 0.0993. The zero-order valence-electron chi connectivity index (χ0n) is 11.1. The Morgan fingerprint density at radius 1 is 1.29 bits per heavy atom. The van der Waals surface area contributed by atoms with Crippen LogP contribution in [-0.2, 0) is 0 Å². The van der Waals surface area contributed by atoms with Gasteiger partial charge >= 0.3 is 0 Å². The predicted octanol–water partition coefficient (Wildman–Crippen LogP) is 4.01. The Morgan fingerprint density at radius 2 is 2.00 bits per heavy atom. The molecular formula is C15H12BrClN2OS. The van der Waals surface area contributed by atoms with Gasteiger partial charge in [0.15, 0.2) is 0 Å². The topological polar surface area (TPSA) is 46.3 Å². The molecule has 2 N–H and O–H groups in total. The molecule has 0 bridgehead atoms. The number of amides is 1. The lowest BCUT2D eigenvalue weighted by Gasteiger charge is -2.19. The van der Waals surface area contributed by atoms with Crippen molar-refractivity contribution in [2.75, 3.05) is 11.9 Å². The Bertz CT molecular complexity index is 721. The van der Waals surface area contributed by atoms with Crippen molar-refractivity contribution in [1.82, 2.24) is 0 Å². The second-order valence-corrected chi connectivity index (χ2v) is 6.17. The van der Waals surface area contributed by atoms with Crippen LogP contribution in [0.15, 0.2) is 46.9 Å². The van der Waals surface area contributed by atoms with Crippen LogP contribution in [0.1, 0.15) is 15.9 Å². The summed E-state index contributed by atoms with van der Waals surface area (Å²) in [6, 6.07) is 12.3. The molecule has 1 amide bonds. The van der Waals surface area contributed by atoms with Crippen LogP contribution in [-0.4, -0.2) is 17.9 Å². The summed E-state index contributed by atoms with van der Waals surface area (Å²) in [6.07, 6.45) is 0. The maximum absolute atomic E-state index is 12.5. The van der Waals surface area contributed by atoms with E-state index in [0.29, 0.717) is 26.8 Å². The van der Waals surface area contributed by atoms with Crippen LogP contribution in [0.5, 0.6) is 0 Å². The van der Waals surface area contributed by atoms with E-state index in [2.05, 4.69) is 15.9 Å². The summed E-state index contributed by atoms with van der Waals surface area (Å²) in [5.41, 5.74) is 7.46. The van der Waals surface area contributed by atoms with E-state index in [1.54, 1.807) is 43.4 Å². The molecule has 0 aromatic heterocycles. The standard InChI is InChI=1S/C15H12BrClN2OS/c1-19(11-4-2-3-9(7-11)14(18)21)15(20)12-6-5-10(16)8-13(12)17/h2-8H,1H3,(H2,18,21). The van der Waals surface area contributed by atoms with E-state index in [1.807, 2.05) is 6.07 Å². The number of rotatable bonds is 3. The van der Waals surface area contributed by atoms with Crippen molar-refractivity contribution >= 4 is 56.3 Å². The zero-order chi connectivity index (χ0) is 15.6. The number of anilines is 1. The van der Waals surface area contributed by atoms with Gasteiger partial charge in [-0.3, -0.25) is 4.79 Å². The summed E-state index contributed by atoms with van der Waals surface area (Å²) in [7, 11) is 1.68. The summed E-state index contributed by atoms with van der Waals surface area (Å²) < 4.78 is 0.821. The van der Waals surface area contributed by atoms with Gasteiger partial charge in [0.05, 0.1) is 10.6 Å². The number of benzene rings is 2. The summed E-state index contributed by atoms with van der Waals surface area (Å²) in [6.45, 7) is 0. The molecule has 6 heteroatoms. The number of nitrogens with two attached hydrogens (primary N) is 1. The SMILES string of the molecule is CN(C(=O)c1ccc(Br)cc1Cl)c1cccc(C(N)=S)c1. The summed E-state index contributed by atoms with van der Waals surface area (Å²) >= 11 is 14.4. The molecule has 108 valence electrons. The van der Waals surface area contributed by atoms with Crippen molar-refractivity contribution in [1.29, 1.82) is 0 Å². The monoisotopic (exact) mass is 382 g/mol. The van der Waals surface area contributed by atoms with Gasteiger partial charge in [-0.15, -0.1) is 0 Å². The van der Waals surface area contributed by atoms with E-state index in [9.17, 15) is 4.79 Å². The first-order chi connectivity index (χ1) is 9.90. The fraction of sp³-hybridized carbons (Fsp3) is 0.0667. The first-order valence-corrected chi connectivity index (χ1v) is 7.61. The maximum atomic E-state index is 12.5. The largest absolute Gasteiger partial charge is 0.389 e. The van der Waals surface area contributed by atoms with Gasteiger partial charge in [-0.2, -0.15) is 0 Å². The summed E-state index contributed by atoms with van der Waals surface area (Å²) in [5, 5.41) is 0.395. The van der Waals surface area contributed by atoms with Crippen molar-refractivity contribution in [3.63, 3.8) is 0 Å². The lowest BCUT2D eigenvalue weighted by atomic mass is 10.1. The van der Waals surface area contributed by atoms with Gasteiger partial charge in [-0.05, 0) is 30.3 Å². The molecule has 0 heterocycles. The molecule has 2 aromatic rings. The van der Waals surface area contributed by atoms with Gasteiger partial charge in [-0.25, -0.2) is 0 Å². The molecule has 0 saturated carbocycles. The number of carbonyl (C=O) groups is 1. The van der Waals surface area contributed by atoms with E-state index >= 15 is 0 Å². The minimum absolute atomic E-state index is 0.201. The second kappa shape index (κ2) is 6.56. The molecule has 0 aliphatic heterocycles. The zero-order valence-corrected chi connectivity index (χ0v) is 14.3. The highest BCUT2D eigenvalue weighted by Crippen LogP contribution is 2.24. The first kappa shape index (κ1) is 15.9. The minimum atomic E-state index is -0.201. The van der Waals surface area contributed by atoms with Crippen molar-refractivity contribution in [3.05, 3.63) is 63.1 Å². The third-order valence-electron chi connectivity index (χ3n) is 2.98. The lowest BCUT2D eigenvalue weighted by Crippen LogP contribution is -2.26. The minimum Gasteiger partial charge on any atom is -0.389 e. The Morgan fingerprint density at radius 3 is 2.62 bits per heavy atom. The van der Waals surface area contributed by atoms with Crippen LogP contribution in [0, 0.1) is 0 Å². The summed E-state index contributed by atoms with van der Waals surface area (Å²) in [4.78, 5) is 14.3. The molecule has 0 aliphatic carbocycles. The number of thiocarbonyl (C=S) groups is 1. The van der Waals surface area contributed by atoms with Crippen LogP contribution in [0.4, 0.5) is 5.69 Å². The molecular weight excluding hydrogens is 372 g/mol. The normalized spacial score (nSPS) is 10.2. The molecule has 0 radical (unpaired) electrons. The molecule has 2 rings (SSSR count). The second-order valence-electron chi connectivity index (χ2n) is 4.40. The van der Waals surface area contributed by atoms with Gasteiger partial charge in [0.2, 0.25) is 0 Å². The highest BCUT2D eigenvalue weighted by molar-refractivity contribution is 9.10. The van der Waals surface area contributed by atoms with Crippen molar-refractivity contribution in [3.8, 4) is 0 Å². The Balaban J connectivity index is 2.35. The van der Waals surface area contributed by atoms with Crippen molar-refractivity contribution < 1.29 is 4.79 Å². The molecule has 2 aromatic carbocycles.